The van der Waals surface area contributed by atoms with Gasteiger partial charge < -0.3 is 19.8 Å². The van der Waals surface area contributed by atoms with E-state index in [4.69, 9.17) is 14.1 Å². The number of nitrogens with zero attached hydrogens (tertiary/aromatic N) is 2. The summed E-state index contributed by atoms with van der Waals surface area (Å²) >= 11 is 3.63. The molecular formula is C27H23BrN4O3. The molecule has 5 rings (SSSR count). The van der Waals surface area contributed by atoms with Crippen molar-refractivity contribution >= 4 is 44.5 Å². The summed E-state index contributed by atoms with van der Waals surface area (Å²) in [5.74, 6) is 1.72. The maximum absolute atomic E-state index is 13.5. The number of rotatable bonds is 6. The van der Waals surface area contributed by atoms with Gasteiger partial charge in [-0.05, 0) is 55.0 Å². The van der Waals surface area contributed by atoms with Crippen LogP contribution in [0.2, 0.25) is 0 Å². The molecule has 7 nitrogen and oxygen atoms in total. The minimum Gasteiger partial charge on any atom is -0.497 e. The van der Waals surface area contributed by atoms with Crippen LogP contribution in [0.5, 0.6) is 5.75 Å². The predicted molar refractivity (Wildman–Crippen MR) is 139 cm³/mol. The van der Waals surface area contributed by atoms with Gasteiger partial charge in [0.15, 0.2) is 5.58 Å². The van der Waals surface area contributed by atoms with Gasteiger partial charge in [-0.3, -0.25) is 9.79 Å². The van der Waals surface area contributed by atoms with Crippen molar-refractivity contribution in [1.29, 1.82) is 0 Å². The van der Waals surface area contributed by atoms with Crippen LogP contribution in [0.3, 0.4) is 0 Å². The standard InChI is InChI=1S/C27H23BrN4O3/c1-16-25(27(33)30-17-11-13-18(34-2)14-12-17)26(19-7-3-4-8-20(19)28)32-23(29-16)15-24-31-21-9-5-6-10-22(21)35-24/h3-14,26H,15H2,1-2H3,(H,29,32)(H,30,33). The number of carbonyl (C=O) groups excluding carboxylic acids is 1. The van der Waals surface area contributed by atoms with Crippen LogP contribution < -0.4 is 15.4 Å². The highest BCUT2D eigenvalue weighted by Crippen LogP contribution is 2.36. The Bertz CT molecular complexity index is 1420. The first-order valence-corrected chi connectivity index (χ1v) is 11.9. The van der Waals surface area contributed by atoms with Crippen LogP contribution in [0, 0.1) is 0 Å². The third kappa shape index (κ3) is 4.83. The summed E-state index contributed by atoms with van der Waals surface area (Å²) in [6.07, 6.45) is 0.375. The number of carbonyl (C=O) groups is 1. The van der Waals surface area contributed by atoms with Crippen LogP contribution in [0.15, 0.2) is 97.9 Å². The third-order valence-electron chi connectivity index (χ3n) is 5.74. The second kappa shape index (κ2) is 9.76. The monoisotopic (exact) mass is 530 g/mol. The van der Waals surface area contributed by atoms with Crippen molar-refractivity contribution < 1.29 is 13.9 Å². The van der Waals surface area contributed by atoms with Crippen LogP contribution in [0.1, 0.15) is 24.4 Å². The molecule has 2 heterocycles. The number of hydrogen-bond acceptors (Lipinski definition) is 6. The second-order valence-corrected chi connectivity index (χ2v) is 8.95. The van der Waals surface area contributed by atoms with Gasteiger partial charge >= 0.3 is 0 Å². The molecule has 35 heavy (non-hydrogen) atoms. The van der Waals surface area contributed by atoms with Crippen molar-refractivity contribution in [2.24, 2.45) is 4.99 Å². The molecule has 1 unspecified atom stereocenters. The van der Waals surface area contributed by atoms with E-state index in [1.807, 2.05) is 55.5 Å². The minimum absolute atomic E-state index is 0.231. The topological polar surface area (TPSA) is 88.8 Å². The number of para-hydroxylation sites is 2. The van der Waals surface area contributed by atoms with Gasteiger partial charge in [0.1, 0.15) is 23.1 Å². The summed E-state index contributed by atoms with van der Waals surface area (Å²) in [4.78, 5) is 23.0. The predicted octanol–water partition coefficient (Wildman–Crippen LogP) is 5.80. The molecular weight excluding hydrogens is 508 g/mol. The van der Waals surface area contributed by atoms with Gasteiger partial charge in [0.2, 0.25) is 5.89 Å². The highest BCUT2D eigenvalue weighted by molar-refractivity contribution is 9.10. The molecule has 2 N–H and O–H groups in total. The van der Waals surface area contributed by atoms with Gasteiger partial charge in [-0.15, -0.1) is 0 Å². The molecule has 0 saturated carbocycles. The first-order chi connectivity index (χ1) is 17.0. The number of benzene rings is 3. The van der Waals surface area contributed by atoms with Gasteiger partial charge in [-0.1, -0.05) is 46.3 Å². The molecule has 1 aliphatic heterocycles. The van der Waals surface area contributed by atoms with Gasteiger partial charge in [0.05, 0.1) is 19.1 Å². The van der Waals surface area contributed by atoms with Crippen LogP contribution >= 0.6 is 15.9 Å². The summed E-state index contributed by atoms with van der Waals surface area (Å²) in [6, 6.07) is 22.1. The van der Waals surface area contributed by atoms with Gasteiger partial charge in [-0.25, -0.2) is 4.98 Å². The fourth-order valence-corrected chi connectivity index (χ4v) is 4.56. The Morgan fingerprint density at radius 3 is 2.57 bits per heavy atom. The lowest BCUT2D eigenvalue weighted by atomic mass is 9.95. The Balaban J connectivity index is 1.47. The molecule has 176 valence electrons. The average molecular weight is 531 g/mol. The van der Waals surface area contributed by atoms with Gasteiger partial charge in [-0.2, -0.15) is 0 Å². The molecule has 1 aliphatic rings. The molecule has 0 spiro atoms. The molecule has 8 heteroatoms. The SMILES string of the molecule is COc1ccc(NC(=O)C2=C(C)NC(Cc3nc4ccccc4o3)=NC2c2ccccc2Br)cc1. The smallest absolute Gasteiger partial charge is 0.255 e. The number of anilines is 1. The molecule has 0 saturated heterocycles. The Labute approximate surface area is 211 Å². The Morgan fingerprint density at radius 2 is 1.83 bits per heavy atom. The van der Waals surface area contributed by atoms with E-state index in [0.29, 0.717) is 29.4 Å². The second-order valence-electron chi connectivity index (χ2n) is 8.10. The zero-order chi connectivity index (χ0) is 24.4. The number of hydrogen-bond donors (Lipinski definition) is 2. The van der Waals surface area contributed by atoms with Crippen LogP contribution in [-0.4, -0.2) is 23.8 Å². The van der Waals surface area contributed by atoms with Crippen molar-refractivity contribution in [3.8, 4) is 5.75 Å². The third-order valence-corrected chi connectivity index (χ3v) is 6.47. The van der Waals surface area contributed by atoms with E-state index < -0.39 is 6.04 Å². The molecule has 0 bridgehead atoms. The quantitative estimate of drug-likeness (QED) is 0.329. The summed E-state index contributed by atoms with van der Waals surface area (Å²) in [6.45, 7) is 1.88. The van der Waals surface area contributed by atoms with E-state index in [0.717, 1.165) is 32.6 Å². The van der Waals surface area contributed by atoms with Crippen LogP contribution in [0.25, 0.3) is 11.1 Å². The number of ether oxygens (including phenoxy) is 1. The Hall–Kier alpha value is -3.91. The highest BCUT2D eigenvalue weighted by Gasteiger charge is 2.31. The van der Waals surface area contributed by atoms with E-state index in [1.54, 1.807) is 31.4 Å². The average Bonchev–Trinajstić information content (AvgIpc) is 3.26. The molecule has 3 aromatic carbocycles. The molecule has 4 aromatic rings. The van der Waals surface area contributed by atoms with Crippen molar-refractivity contribution in [1.82, 2.24) is 10.3 Å². The molecule has 1 amide bonds. The zero-order valence-corrected chi connectivity index (χ0v) is 20.8. The minimum atomic E-state index is -0.510. The van der Waals surface area contributed by atoms with Gasteiger partial charge in [0.25, 0.3) is 5.91 Å². The first kappa shape index (κ1) is 22.9. The van der Waals surface area contributed by atoms with Crippen molar-refractivity contribution in [3.63, 3.8) is 0 Å². The molecule has 0 fully saturated rings. The fraction of sp³-hybridized carbons (Fsp3) is 0.148. The van der Waals surface area contributed by atoms with E-state index in [1.165, 1.54) is 0 Å². The number of methoxy groups -OCH3 is 1. The number of fused-ring (bicyclic) bond motifs is 1. The number of amides is 1. The van der Waals surface area contributed by atoms with Gasteiger partial charge in [0, 0.05) is 15.9 Å². The number of nitrogens with one attached hydrogen (secondary N) is 2. The van der Waals surface area contributed by atoms with E-state index in [9.17, 15) is 4.79 Å². The van der Waals surface area contributed by atoms with Crippen molar-refractivity contribution in [2.75, 3.05) is 12.4 Å². The fourth-order valence-electron chi connectivity index (χ4n) is 4.06. The van der Waals surface area contributed by atoms with E-state index in [-0.39, 0.29) is 5.91 Å². The summed E-state index contributed by atoms with van der Waals surface area (Å²) in [5, 5.41) is 6.28. The number of amidine groups is 1. The molecule has 1 atom stereocenters. The summed E-state index contributed by atoms with van der Waals surface area (Å²) in [7, 11) is 1.61. The number of aromatic nitrogens is 1. The van der Waals surface area contributed by atoms with Crippen LogP contribution in [0.4, 0.5) is 5.69 Å². The van der Waals surface area contributed by atoms with Crippen molar-refractivity contribution in [2.45, 2.75) is 19.4 Å². The number of aliphatic imine (C=N–C) groups is 1. The van der Waals surface area contributed by atoms with E-state index >= 15 is 0 Å². The van der Waals surface area contributed by atoms with Crippen LogP contribution in [-0.2, 0) is 11.2 Å². The highest BCUT2D eigenvalue weighted by atomic mass is 79.9. The zero-order valence-electron chi connectivity index (χ0n) is 19.2. The lowest BCUT2D eigenvalue weighted by Gasteiger charge is -2.27. The first-order valence-electron chi connectivity index (χ1n) is 11.1. The molecule has 1 aromatic heterocycles. The maximum Gasteiger partial charge on any atom is 0.255 e. The number of allylic oxidation sites excluding steroid dienone is 1. The Morgan fingerprint density at radius 1 is 1.09 bits per heavy atom. The summed E-state index contributed by atoms with van der Waals surface area (Å²) in [5.41, 5.74) is 4.35. The number of oxazole rings is 1. The lowest BCUT2D eigenvalue weighted by Crippen LogP contribution is -2.34. The number of halogens is 1. The molecule has 0 aliphatic carbocycles. The van der Waals surface area contributed by atoms with Crippen molar-refractivity contribution in [3.05, 3.63) is 100.0 Å². The molecule has 0 radical (unpaired) electrons. The maximum atomic E-state index is 13.5. The normalized spacial score (nSPS) is 15.5. The largest absolute Gasteiger partial charge is 0.497 e. The Kier molecular flexibility index (Phi) is 6.37. The summed E-state index contributed by atoms with van der Waals surface area (Å²) < 4.78 is 12.0. The lowest BCUT2D eigenvalue weighted by molar-refractivity contribution is -0.113. The van der Waals surface area contributed by atoms with E-state index in [2.05, 4.69) is 31.5 Å².